The van der Waals surface area contributed by atoms with Crippen LogP contribution in [-0.4, -0.2) is 17.2 Å². The highest BCUT2D eigenvalue weighted by Gasteiger charge is 2.20. The number of rotatable bonds is 1. The molecule has 2 rings (SSSR count). The Bertz CT molecular complexity index is 481. The Morgan fingerprint density at radius 3 is 2.64 bits per heavy atom. The first kappa shape index (κ1) is 9.52. The largest absolute Gasteiger partial charge is 0.501 e. The Kier molecular flexibility index (Phi) is 2.22. The average molecular weight is 207 g/mol. The number of hydrogen-bond acceptors (Lipinski definition) is 4. The van der Waals surface area contributed by atoms with Crippen molar-refractivity contribution in [1.82, 2.24) is 0 Å². The van der Waals surface area contributed by atoms with Gasteiger partial charge in [-0.3, -0.25) is 0 Å². The summed E-state index contributed by atoms with van der Waals surface area (Å²) in [4.78, 5) is 0. The van der Waals surface area contributed by atoms with Gasteiger partial charge in [0.1, 0.15) is 0 Å². The maximum Gasteiger partial charge on any atom is 0.501 e. The fourth-order valence-electron chi connectivity index (χ4n) is 1.49. The van der Waals surface area contributed by atoms with Crippen molar-refractivity contribution in [2.75, 3.05) is 5.73 Å². The van der Waals surface area contributed by atoms with E-state index in [1.807, 2.05) is 25.1 Å². The van der Waals surface area contributed by atoms with Crippen LogP contribution in [0.3, 0.4) is 0 Å². The van der Waals surface area contributed by atoms with Crippen molar-refractivity contribution < 1.29 is 10.0 Å². The van der Waals surface area contributed by atoms with Crippen LogP contribution >= 0.6 is 11.3 Å². The van der Waals surface area contributed by atoms with Crippen LogP contribution in [0.1, 0.15) is 5.56 Å². The van der Waals surface area contributed by atoms with Crippen molar-refractivity contribution in [2.45, 2.75) is 6.92 Å². The molecule has 0 aliphatic rings. The highest BCUT2D eigenvalue weighted by molar-refractivity contribution is 7.29. The first-order valence-corrected chi connectivity index (χ1v) is 5.06. The van der Waals surface area contributed by atoms with Crippen LogP contribution in [0, 0.1) is 6.92 Å². The second-order valence-electron chi connectivity index (χ2n) is 3.21. The summed E-state index contributed by atoms with van der Waals surface area (Å²) in [5.41, 5.74) is 7.38. The van der Waals surface area contributed by atoms with Crippen molar-refractivity contribution in [3.63, 3.8) is 0 Å². The molecule has 72 valence electrons. The minimum Gasteiger partial charge on any atom is -0.423 e. The van der Waals surface area contributed by atoms with Crippen LogP contribution in [0.4, 0.5) is 5.69 Å². The van der Waals surface area contributed by atoms with Crippen molar-refractivity contribution in [3.05, 3.63) is 23.8 Å². The highest BCUT2D eigenvalue weighted by atomic mass is 32.1. The van der Waals surface area contributed by atoms with E-state index in [1.54, 1.807) is 0 Å². The number of aryl methyl sites for hydroxylation is 1. The zero-order chi connectivity index (χ0) is 10.3. The molecule has 0 aliphatic heterocycles. The predicted molar refractivity (Wildman–Crippen MR) is 60.8 cm³/mol. The van der Waals surface area contributed by atoms with Gasteiger partial charge in [-0.1, -0.05) is 18.2 Å². The molecular formula is C9H10BNO2S. The summed E-state index contributed by atoms with van der Waals surface area (Å²) in [7, 11) is -1.48. The lowest BCUT2D eigenvalue weighted by Gasteiger charge is -1.95. The van der Waals surface area contributed by atoms with Crippen LogP contribution < -0.4 is 10.5 Å². The molecule has 1 aromatic heterocycles. The predicted octanol–water partition coefficient (Wildman–Crippen LogP) is 0.472. The third-order valence-electron chi connectivity index (χ3n) is 2.21. The Morgan fingerprint density at radius 2 is 2.07 bits per heavy atom. The molecule has 14 heavy (non-hydrogen) atoms. The van der Waals surface area contributed by atoms with Gasteiger partial charge in [-0.25, -0.2) is 0 Å². The van der Waals surface area contributed by atoms with E-state index in [9.17, 15) is 0 Å². The van der Waals surface area contributed by atoms with Crippen molar-refractivity contribution >= 4 is 39.0 Å². The van der Waals surface area contributed by atoms with Crippen LogP contribution in [-0.2, 0) is 0 Å². The number of fused-ring (bicyclic) bond motifs is 1. The number of thiophene rings is 1. The van der Waals surface area contributed by atoms with Gasteiger partial charge in [0.05, 0.1) is 4.78 Å². The third kappa shape index (κ3) is 1.30. The quantitative estimate of drug-likeness (QED) is 0.595. The van der Waals surface area contributed by atoms with E-state index in [0.29, 0.717) is 10.5 Å². The summed E-state index contributed by atoms with van der Waals surface area (Å²) in [5.74, 6) is 0. The van der Waals surface area contributed by atoms with E-state index in [0.717, 1.165) is 15.6 Å². The molecule has 0 aliphatic carbocycles. The summed E-state index contributed by atoms with van der Waals surface area (Å²) < 4.78 is 1.45. The molecule has 0 spiro atoms. The van der Waals surface area contributed by atoms with Crippen molar-refractivity contribution in [1.29, 1.82) is 0 Å². The van der Waals surface area contributed by atoms with E-state index >= 15 is 0 Å². The Hall–Kier alpha value is -1.04. The first-order chi connectivity index (χ1) is 6.61. The van der Waals surface area contributed by atoms with Gasteiger partial charge in [-0.05, 0) is 12.5 Å². The van der Waals surface area contributed by atoms with Gasteiger partial charge in [0.25, 0.3) is 0 Å². The fraction of sp³-hybridized carbons (Fsp3) is 0.111. The zero-order valence-electron chi connectivity index (χ0n) is 7.69. The topological polar surface area (TPSA) is 66.5 Å². The lowest BCUT2D eigenvalue weighted by Crippen LogP contribution is -2.28. The number of hydrogen-bond donors (Lipinski definition) is 3. The normalized spacial score (nSPS) is 10.8. The van der Waals surface area contributed by atoms with Gasteiger partial charge < -0.3 is 15.8 Å². The fourth-order valence-corrected chi connectivity index (χ4v) is 2.55. The second kappa shape index (κ2) is 3.27. The second-order valence-corrected chi connectivity index (χ2v) is 4.26. The van der Waals surface area contributed by atoms with E-state index in [2.05, 4.69) is 0 Å². The van der Waals surface area contributed by atoms with Gasteiger partial charge >= 0.3 is 7.12 Å². The van der Waals surface area contributed by atoms with Crippen LogP contribution in [0.2, 0.25) is 0 Å². The molecule has 3 nitrogen and oxygen atoms in total. The molecular weight excluding hydrogens is 197 g/mol. The number of nitrogen functional groups attached to an aromatic ring is 1. The lowest BCUT2D eigenvalue weighted by molar-refractivity contribution is 0.427. The van der Waals surface area contributed by atoms with Gasteiger partial charge in [0.2, 0.25) is 0 Å². The molecule has 2 aromatic rings. The third-order valence-corrected chi connectivity index (χ3v) is 3.61. The molecule has 0 radical (unpaired) electrons. The van der Waals surface area contributed by atoms with Crippen molar-refractivity contribution in [3.8, 4) is 0 Å². The number of benzene rings is 1. The lowest BCUT2D eigenvalue weighted by atomic mass is 9.87. The van der Waals surface area contributed by atoms with Gasteiger partial charge in [-0.2, -0.15) is 0 Å². The summed E-state index contributed by atoms with van der Waals surface area (Å²) in [6.07, 6.45) is 0. The molecule has 0 atom stereocenters. The zero-order valence-corrected chi connectivity index (χ0v) is 8.51. The minimum atomic E-state index is -1.48. The monoisotopic (exact) mass is 207 g/mol. The first-order valence-electron chi connectivity index (χ1n) is 4.25. The molecule has 4 N–H and O–H groups in total. The number of anilines is 1. The molecule has 5 heteroatoms. The molecule has 0 saturated heterocycles. The van der Waals surface area contributed by atoms with Gasteiger partial charge in [-0.15, -0.1) is 11.3 Å². The summed E-state index contributed by atoms with van der Waals surface area (Å²) in [6.45, 7) is 1.98. The van der Waals surface area contributed by atoms with Crippen LogP contribution in [0.15, 0.2) is 18.2 Å². The molecule has 1 heterocycles. The van der Waals surface area contributed by atoms with Crippen LogP contribution in [0.5, 0.6) is 0 Å². The van der Waals surface area contributed by atoms with Gasteiger partial charge in [0.15, 0.2) is 0 Å². The molecule has 0 bridgehead atoms. The molecule has 0 saturated carbocycles. The smallest absolute Gasteiger partial charge is 0.423 e. The number of nitrogens with two attached hydrogens (primary N) is 1. The Labute approximate surface area is 85.9 Å². The summed E-state index contributed by atoms with van der Waals surface area (Å²) >= 11 is 1.33. The highest BCUT2D eigenvalue weighted by Crippen LogP contribution is 2.28. The molecule has 1 aromatic carbocycles. The summed E-state index contributed by atoms with van der Waals surface area (Å²) in [6, 6.07) is 5.78. The standard InChI is InChI=1S/C9H10BNO2S/c1-5-3-2-4-6-7(11)9(10(12)13)14-8(5)6/h2-4,12-13H,11H2,1H3. The van der Waals surface area contributed by atoms with Crippen LogP contribution in [0.25, 0.3) is 10.1 Å². The Balaban J connectivity index is 2.80. The van der Waals surface area contributed by atoms with Crippen molar-refractivity contribution in [2.24, 2.45) is 0 Å². The molecule has 0 unspecified atom stereocenters. The summed E-state index contributed by atoms with van der Waals surface area (Å²) in [5, 5.41) is 19.1. The molecule has 0 amide bonds. The van der Waals surface area contributed by atoms with E-state index in [-0.39, 0.29) is 0 Å². The maximum absolute atomic E-state index is 9.08. The molecule has 0 fully saturated rings. The van der Waals surface area contributed by atoms with E-state index in [1.165, 1.54) is 11.3 Å². The minimum absolute atomic E-state index is 0.425. The Morgan fingerprint density at radius 1 is 1.36 bits per heavy atom. The van der Waals surface area contributed by atoms with E-state index in [4.69, 9.17) is 15.8 Å². The SMILES string of the molecule is Cc1cccc2c(N)c(B(O)O)sc12. The maximum atomic E-state index is 9.08. The van der Waals surface area contributed by atoms with Gasteiger partial charge in [0, 0.05) is 15.8 Å². The average Bonchev–Trinajstić information content (AvgIpc) is 2.46. The van der Waals surface area contributed by atoms with E-state index < -0.39 is 7.12 Å².